The summed E-state index contributed by atoms with van der Waals surface area (Å²) in [6.45, 7) is 5.75. The lowest BCUT2D eigenvalue weighted by atomic mass is 10.3. The summed E-state index contributed by atoms with van der Waals surface area (Å²) in [5.74, 6) is -0.0950. The Labute approximate surface area is 172 Å². The lowest BCUT2D eigenvalue weighted by molar-refractivity contribution is -0.884. The van der Waals surface area contributed by atoms with E-state index in [1.165, 1.54) is 14.7 Å². The van der Waals surface area contributed by atoms with Crippen LogP contribution in [0.5, 0.6) is 0 Å². The Hall–Kier alpha value is -1.74. The summed E-state index contributed by atoms with van der Waals surface area (Å²) in [5, 5.41) is 4.91. The normalized spacial score (nSPS) is 12.9. The highest BCUT2D eigenvalue weighted by molar-refractivity contribution is 7.89. The van der Waals surface area contributed by atoms with E-state index in [9.17, 15) is 13.2 Å². The fourth-order valence-electron chi connectivity index (χ4n) is 2.79. The van der Waals surface area contributed by atoms with Gasteiger partial charge in [0.25, 0.3) is 5.91 Å². The quantitative estimate of drug-likeness (QED) is 0.614. The van der Waals surface area contributed by atoms with Crippen LogP contribution in [0.2, 0.25) is 0 Å². The van der Waals surface area contributed by atoms with Gasteiger partial charge in [-0.3, -0.25) is 4.79 Å². The molecule has 0 saturated heterocycles. The lowest BCUT2D eigenvalue weighted by Gasteiger charge is -2.17. The highest BCUT2D eigenvalue weighted by atomic mass is 32.2. The van der Waals surface area contributed by atoms with Crippen molar-refractivity contribution in [3.63, 3.8) is 0 Å². The molecule has 28 heavy (non-hydrogen) atoms. The van der Waals surface area contributed by atoms with Gasteiger partial charge in [-0.25, -0.2) is 12.7 Å². The van der Waals surface area contributed by atoms with Crippen LogP contribution in [0.15, 0.2) is 40.6 Å². The topological polar surface area (TPSA) is 70.9 Å². The molecule has 0 radical (unpaired) electrons. The van der Waals surface area contributed by atoms with Gasteiger partial charge >= 0.3 is 0 Å². The molecular weight excluding hydrogens is 394 g/mol. The number of likely N-dealkylation sites (N-methyl/N-ethyl adjacent to an activating group) is 1. The Morgan fingerprint density at radius 1 is 1.21 bits per heavy atom. The first-order valence-electron chi connectivity index (χ1n) is 9.44. The number of hydrogen-bond donors (Lipinski definition) is 2. The maximum absolute atomic E-state index is 12.5. The molecule has 154 valence electrons. The summed E-state index contributed by atoms with van der Waals surface area (Å²) in [7, 11) is 0.0876. The highest BCUT2D eigenvalue weighted by Crippen LogP contribution is 2.18. The number of aryl methyl sites for hydroxylation is 1. The fraction of sp³-hybridized carbons (Fsp3) is 0.450. The van der Waals surface area contributed by atoms with Crippen LogP contribution in [0.1, 0.15) is 30.2 Å². The minimum Gasteiger partial charge on any atom is -0.325 e. The van der Waals surface area contributed by atoms with Gasteiger partial charge in [-0.05, 0) is 54.6 Å². The first-order valence-corrected chi connectivity index (χ1v) is 11.8. The summed E-state index contributed by atoms with van der Waals surface area (Å²) in [6.07, 6.45) is 1.76. The Balaban J connectivity index is 1.92. The van der Waals surface area contributed by atoms with Crippen LogP contribution >= 0.6 is 11.3 Å². The molecule has 0 aliphatic carbocycles. The highest BCUT2D eigenvalue weighted by Gasteiger charge is 2.20. The molecule has 0 aliphatic rings. The minimum absolute atomic E-state index is 0.0950. The van der Waals surface area contributed by atoms with E-state index in [-0.39, 0.29) is 10.8 Å². The largest absolute Gasteiger partial charge is 0.325 e. The molecule has 1 amide bonds. The Morgan fingerprint density at radius 3 is 2.46 bits per heavy atom. The monoisotopic (exact) mass is 424 g/mol. The van der Waals surface area contributed by atoms with Crippen molar-refractivity contribution in [2.45, 2.75) is 38.1 Å². The molecular formula is C20H30N3O3S2+. The minimum atomic E-state index is -3.49. The molecule has 2 aromatic rings. The van der Waals surface area contributed by atoms with Crippen molar-refractivity contribution < 1.29 is 18.1 Å². The van der Waals surface area contributed by atoms with Gasteiger partial charge < -0.3 is 10.2 Å². The van der Waals surface area contributed by atoms with Crippen molar-refractivity contribution in [3.8, 4) is 0 Å². The zero-order chi connectivity index (χ0) is 20.7. The van der Waals surface area contributed by atoms with E-state index in [0.29, 0.717) is 18.8 Å². The SMILES string of the molecule is CCCCN(C)S(=O)(=O)c1ccc(NC(=O)C[NH+](C)Cc2sccc2C)cc1. The number of nitrogens with one attached hydrogen (secondary N) is 2. The van der Waals surface area contributed by atoms with E-state index < -0.39 is 10.0 Å². The van der Waals surface area contributed by atoms with Gasteiger partial charge in [-0.15, -0.1) is 11.3 Å². The van der Waals surface area contributed by atoms with Crippen molar-refractivity contribution in [1.82, 2.24) is 4.31 Å². The second kappa shape index (κ2) is 10.2. The number of benzene rings is 1. The number of anilines is 1. The van der Waals surface area contributed by atoms with Crippen LogP contribution in [-0.2, 0) is 21.4 Å². The van der Waals surface area contributed by atoms with Gasteiger partial charge in [0.1, 0.15) is 6.54 Å². The number of carbonyl (C=O) groups excluding carboxylic acids is 1. The predicted molar refractivity (Wildman–Crippen MR) is 114 cm³/mol. The maximum Gasteiger partial charge on any atom is 0.279 e. The third kappa shape index (κ3) is 6.13. The van der Waals surface area contributed by atoms with E-state index in [1.807, 2.05) is 14.0 Å². The number of nitrogens with zero attached hydrogens (tertiary/aromatic N) is 1. The number of rotatable bonds is 10. The zero-order valence-corrected chi connectivity index (χ0v) is 18.6. The van der Waals surface area contributed by atoms with Gasteiger partial charge in [0, 0.05) is 19.3 Å². The van der Waals surface area contributed by atoms with Gasteiger partial charge in [-0.1, -0.05) is 13.3 Å². The van der Waals surface area contributed by atoms with Gasteiger partial charge in [-0.2, -0.15) is 0 Å². The van der Waals surface area contributed by atoms with Crippen molar-refractivity contribution >= 4 is 33.0 Å². The third-order valence-corrected chi connectivity index (χ3v) is 7.46. The standard InChI is InChI=1S/C20H29N3O3S2/c1-5-6-12-23(4)28(25,26)18-9-7-17(8-10-18)21-20(24)15-22(3)14-19-16(2)11-13-27-19/h7-11,13H,5-6,12,14-15H2,1-4H3,(H,21,24)/p+1. The average Bonchev–Trinajstić information content (AvgIpc) is 3.04. The average molecular weight is 425 g/mol. The Kier molecular flexibility index (Phi) is 8.18. The molecule has 2 rings (SSSR count). The zero-order valence-electron chi connectivity index (χ0n) is 17.0. The number of sulfonamides is 1. The maximum atomic E-state index is 12.5. The van der Waals surface area contributed by atoms with E-state index in [1.54, 1.807) is 42.6 Å². The van der Waals surface area contributed by atoms with Crippen LogP contribution in [-0.4, -0.2) is 45.8 Å². The first kappa shape index (κ1) is 22.5. The van der Waals surface area contributed by atoms with Crippen LogP contribution in [0, 0.1) is 6.92 Å². The summed E-state index contributed by atoms with van der Waals surface area (Å²) in [5.41, 5.74) is 1.85. The molecule has 1 aromatic heterocycles. The van der Waals surface area contributed by atoms with Crippen molar-refractivity contribution in [2.75, 3.05) is 32.5 Å². The summed E-state index contributed by atoms with van der Waals surface area (Å²) in [4.78, 5) is 14.9. The number of thiophene rings is 1. The van der Waals surface area contributed by atoms with Crippen molar-refractivity contribution in [2.24, 2.45) is 0 Å². The second-order valence-corrected chi connectivity index (χ2v) is 10.1. The Bertz CT molecular complexity index is 876. The summed E-state index contributed by atoms with van der Waals surface area (Å²) in [6, 6.07) is 8.44. The fourth-order valence-corrected chi connectivity index (χ4v) is 5.02. The molecule has 0 fully saturated rings. The van der Waals surface area contributed by atoms with E-state index in [0.717, 1.165) is 24.3 Å². The smallest absolute Gasteiger partial charge is 0.279 e. The van der Waals surface area contributed by atoms with Crippen LogP contribution in [0.3, 0.4) is 0 Å². The van der Waals surface area contributed by atoms with Gasteiger partial charge in [0.15, 0.2) is 6.54 Å². The van der Waals surface area contributed by atoms with Crippen LogP contribution in [0.4, 0.5) is 5.69 Å². The molecule has 1 heterocycles. The molecule has 1 unspecified atom stereocenters. The van der Waals surface area contributed by atoms with E-state index in [4.69, 9.17) is 0 Å². The molecule has 2 N–H and O–H groups in total. The molecule has 0 aliphatic heterocycles. The molecule has 1 aromatic carbocycles. The molecule has 0 bridgehead atoms. The van der Waals surface area contributed by atoms with Crippen LogP contribution < -0.4 is 10.2 Å². The number of unbranched alkanes of at least 4 members (excludes halogenated alkanes) is 1. The lowest BCUT2D eigenvalue weighted by Crippen LogP contribution is -3.08. The van der Waals surface area contributed by atoms with Crippen molar-refractivity contribution in [1.29, 1.82) is 0 Å². The second-order valence-electron chi connectivity index (χ2n) is 7.09. The first-order chi connectivity index (χ1) is 13.2. The number of amides is 1. The van der Waals surface area contributed by atoms with Crippen molar-refractivity contribution in [3.05, 3.63) is 46.2 Å². The van der Waals surface area contributed by atoms with Gasteiger partial charge in [0.05, 0.1) is 16.8 Å². The Morgan fingerprint density at radius 2 is 1.89 bits per heavy atom. The number of carbonyl (C=O) groups is 1. The molecule has 0 spiro atoms. The molecule has 0 saturated carbocycles. The molecule has 1 atom stereocenters. The molecule has 8 heteroatoms. The third-order valence-electron chi connectivity index (χ3n) is 4.57. The van der Waals surface area contributed by atoms with Crippen LogP contribution in [0.25, 0.3) is 0 Å². The van der Waals surface area contributed by atoms with Gasteiger partial charge in [0.2, 0.25) is 10.0 Å². The number of quaternary nitrogens is 1. The summed E-state index contributed by atoms with van der Waals surface area (Å²) >= 11 is 1.71. The number of hydrogen-bond acceptors (Lipinski definition) is 4. The van der Waals surface area contributed by atoms with E-state index >= 15 is 0 Å². The summed E-state index contributed by atoms with van der Waals surface area (Å²) < 4.78 is 26.4. The predicted octanol–water partition coefficient (Wildman–Crippen LogP) is 2.13. The van der Waals surface area contributed by atoms with E-state index in [2.05, 4.69) is 23.7 Å². The molecule has 6 nitrogen and oxygen atoms in total.